The molecule has 0 bridgehead atoms. The Hall–Kier alpha value is -2.18. The summed E-state index contributed by atoms with van der Waals surface area (Å²) in [4.78, 5) is 12.4. The van der Waals surface area contributed by atoms with Gasteiger partial charge in [-0.05, 0) is 71.1 Å². The second kappa shape index (κ2) is 11.6. The third-order valence-corrected chi connectivity index (χ3v) is 5.54. The number of methoxy groups -OCH3 is 1. The Morgan fingerprint density at radius 3 is 2.38 bits per heavy atom. The van der Waals surface area contributed by atoms with Crippen molar-refractivity contribution < 1.29 is 38.7 Å². The summed E-state index contributed by atoms with van der Waals surface area (Å²) in [5, 5.41) is 21.4. The van der Waals surface area contributed by atoms with Crippen LogP contribution in [0, 0.1) is 3.57 Å². The molecule has 2 aromatic rings. The molecule has 2 N–H and O–H groups in total. The minimum atomic E-state index is -1.28. The Kier molecular flexibility index (Phi) is 8.88. The molecule has 32 heavy (non-hydrogen) atoms. The van der Waals surface area contributed by atoms with Crippen LogP contribution in [0.3, 0.4) is 0 Å². The molecule has 3 rings (SSSR count). The maximum atomic E-state index is 12.4. The number of halogens is 1. The van der Waals surface area contributed by atoms with E-state index < -0.39 is 36.7 Å². The summed E-state index contributed by atoms with van der Waals surface area (Å²) in [7, 11) is 1.53. The Labute approximate surface area is 199 Å². The number of carbonyl (C=O) groups excluding carboxylic acids is 1. The standard InChI is InChI=1S/C23H25IO8/c1-3-12-29-21-19(25)18(13-30-22(27)14-4-8-16(28-2)9-5-14)32-23(20(21)26)31-17-10-6-15(24)7-11-17/h3-11,18-21,23,25-26H,1,12-13H2,2H3/t18-,19+,20-,21-,23+/m0/s1. The summed E-state index contributed by atoms with van der Waals surface area (Å²) in [6.07, 6.45) is -4.19. The van der Waals surface area contributed by atoms with Gasteiger partial charge >= 0.3 is 5.97 Å². The highest BCUT2D eigenvalue weighted by Crippen LogP contribution is 2.27. The molecule has 172 valence electrons. The second-order valence-electron chi connectivity index (χ2n) is 7.01. The van der Waals surface area contributed by atoms with Gasteiger partial charge in [-0.25, -0.2) is 4.79 Å². The van der Waals surface area contributed by atoms with Crippen LogP contribution in [0.1, 0.15) is 10.4 Å². The summed E-state index contributed by atoms with van der Waals surface area (Å²) >= 11 is 2.17. The van der Waals surface area contributed by atoms with Crippen molar-refractivity contribution in [2.45, 2.75) is 30.7 Å². The van der Waals surface area contributed by atoms with Crippen molar-refractivity contribution in [3.05, 3.63) is 70.3 Å². The highest BCUT2D eigenvalue weighted by atomic mass is 127. The molecule has 0 unspecified atom stereocenters. The van der Waals surface area contributed by atoms with E-state index in [-0.39, 0.29) is 13.2 Å². The number of aliphatic hydroxyl groups excluding tert-OH is 2. The Morgan fingerprint density at radius 1 is 1.09 bits per heavy atom. The third kappa shape index (κ3) is 6.20. The average molecular weight is 556 g/mol. The SMILES string of the molecule is C=CCO[C@@H]1[C@H](O)[C@H](Oc2ccc(I)cc2)O[C@@H](COC(=O)c2ccc(OC)cc2)[C@H]1O. The van der Waals surface area contributed by atoms with Gasteiger partial charge in [-0.15, -0.1) is 6.58 Å². The highest BCUT2D eigenvalue weighted by molar-refractivity contribution is 14.1. The molecule has 1 fully saturated rings. The minimum absolute atomic E-state index is 0.105. The van der Waals surface area contributed by atoms with Crippen LogP contribution in [-0.2, 0) is 14.2 Å². The van der Waals surface area contributed by atoms with Gasteiger partial charge in [0.2, 0.25) is 6.29 Å². The zero-order valence-electron chi connectivity index (χ0n) is 17.4. The van der Waals surface area contributed by atoms with E-state index >= 15 is 0 Å². The van der Waals surface area contributed by atoms with Crippen LogP contribution >= 0.6 is 22.6 Å². The Balaban J connectivity index is 1.69. The first-order chi connectivity index (χ1) is 15.4. The predicted octanol–water partition coefficient (Wildman–Crippen LogP) is 2.55. The van der Waals surface area contributed by atoms with Gasteiger partial charge < -0.3 is 33.9 Å². The van der Waals surface area contributed by atoms with Gasteiger partial charge in [-0.3, -0.25) is 0 Å². The van der Waals surface area contributed by atoms with Crippen molar-refractivity contribution in [2.24, 2.45) is 0 Å². The summed E-state index contributed by atoms with van der Waals surface area (Å²) < 4.78 is 28.5. The smallest absolute Gasteiger partial charge is 0.338 e. The molecule has 1 aliphatic rings. The lowest BCUT2D eigenvalue weighted by Crippen LogP contribution is -2.61. The van der Waals surface area contributed by atoms with Gasteiger partial charge in [0.15, 0.2) is 0 Å². The normalized spacial score (nSPS) is 25.1. The molecule has 0 amide bonds. The number of ether oxygens (including phenoxy) is 5. The van der Waals surface area contributed by atoms with E-state index in [1.807, 2.05) is 12.1 Å². The summed E-state index contributed by atoms with van der Waals surface area (Å²) in [6.45, 7) is 3.42. The number of esters is 1. The van der Waals surface area contributed by atoms with Gasteiger partial charge in [0.25, 0.3) is 0 Å². The fourth-order valence-electron chi connectivity index (χ4n) is 3.13. The Morgan fingerprint density at radius 2 is 1.75 bits per heavy atom. The molecule has 9 heteroatoms. The number of carbonyl (C=O) groups is 1. The fraction of sp³-hybridized carbons (Fsp3) is 0.348. The molecule has 0 aliphatic carbocycles. The van der Waals surface area contributed by atoms with Gasteiger partial charge in [0.05, 0.1) is 19.3 Å². The summed E-state index contributed by atoms with van der Waals surface area (Å²) in [5.74, 6) is 0.495. The molecule has 0 spiro atoms. The zero-order chi connectivity index (χ0) is 23.1. The number of aliphatic hydroxyl groups is 2. The zero-order valence-corrected chi connectivity index (χ0v) is 19.6. The lowest BCUT2D eigenvalue weighted by atomic mass is 9.99. The van der Waals surface area contributed by atoms with Crippen LogP contribution in [0.15, 0.2) is 61.2 Å². The van der Waals surface area contributed by atoms with Gasteiger partial charge in [0.1, 0.15) is 42.5 Å². The van der Waals surface area contributed by atoms with Crippen molar-refractivity contribution >= 4 is 28.6 Å². The van der Waals surface area contributed by atoms with E-state index in [4.69, 9.17) is 23.7 Å². The maximum absolute atomic E-state index is 12.4. The van der Waals surface area contributed by atoms with Crippen molar-refractivity contribution in [2.75, 3.05) is 20.3 Å². The first-order valence-corrected chi connectivity index (χ1v) is 11.0. The molecule has 2 aromatic carbocycles. The molecule has 0 saturated carbocycles. The quantitative estimate of drug-likeness (QED) is 0.276. The summed E-state index contributed by atoms with van der Waals surface area (Å²) in [5.41, 5.74) is 0.322. The van der Waals surface area contributed by atoms with Gasteiger partial charge in [-0.1, -0.05) is 6.08 Å². The van der Waals surface area contributed by atoms with Crippen molar-refractivity contribution in [3.8, 4) is 11.5 Å². The lowest BCUT2D eigenvalue weighted by Gasteiger charge is -2.41. The van der Waals surface area contributed by atoms with Crippen LogP contribution < -0.4 is 9.47 Å². The van der Waals surface area contributed by atoms with Crippen molar-refractivity contribution in [1.82, 2.24) is 0 Å². The first-order valence-electron chi connectivity index (χ1n) is 9.90. The third-order valence-electron chi connectivity index (χ3n) is 4.82. The highest BCUT2D eigenvalue weighted by Gasteiger charge is 2.47. The van der Waals surface area contributed by atoms with E-state index in [0.29, 0.717) is 17.1 Å². The maximum Gasteiger partial charge on any atom is 0.338 e. The number of hydrogen-bond acceptors (Lipinski definition) is 8. The second-order valence-corrected chi connectivity index (χ2v) is 8.26. The molecule has 1 saturated heterocycles. The fourth-order valence-corrected chi connectivity index (χ4v) is 3.49. The number of rotatable bonds is 9. The van der Waals surface area contributed by atoms with E-state index in [0.717, 1.165) is 3.57 Å². The number of hydrogen-bond donors (Lipinski definition) is 2. The molecule has 1 heterocycles. The van der Waals surface area contributed by atoms with Gasteiger partial charge in [0, 0.05) is 3.57 Å². The summed E-state index contributed by atoms with van der Waals surface area (Å²) in [6, 6.07) is 13.6. The van der Waals surface area contributed by atoms with Crippen LogP contribution in [0.2, 0.25) is 0 Å². The van der Waals surface area contributed by atoms with E-state index in [1.165, 1.54) is 13.2 Å². The molecule has 5 atom stereocenters. The molecule has 0 radical (unpaired) electrons. The monoisotopic (exact) mass is 556 g/mol. The topological polar surface area (TPSA) is 104 Å². The van der Waals surface area contributed by atoms with Crippen LogP contribution in [0.25, 0.3) is 0 Å². The van der Waals surface area contributed by atoms with Crippen LogP contribution in [0.4, 0.5) is 0 Å². The molecular weight excluding hydrogens is 531 g/mol. The average Bonchev–Trinajstić information content (AvgIpc) is 2.81. The largest absolute Gasteiger partial charge is 0.497 e. The van der Waals surface area contributed by atoms with Crippen molar-refractivity contribution in [1.29, 1.82) is 0 Å². The van der Waals surface area contributed by atoms with E-state index in [1.54, 1.807) is 36.4 Å². The van der Waals surface area contributed by atoms with Crippen LogP contribution in [0.5, 0.6) is 11.5 Å². The number of benzene rings is 2. The van der Waals surface area contributed by atoms with E-state index in [9.17, 15) is 15.0 Å². The Bertz CT molecular complexity index is 886. The molecule has 8 nitrogen and oxygen atoms in total. The van der Waals surface area contributed by atoms with Gasteiger partial charge in [-0.2, -0.15) is 0 Å². The van der Waals surface area contributed by atoms with E-state index in [2.05, 4.69) is 29.2 Å². The minimum Gasteiger partial charge on any atom is -0.497 e. The predicted molar refractivity (Wildman–Crippen MR) is 124 cm³/mol. The molecular formula is C23H25IO8. The van der Waals surface area contributed by atoms with Crippen LogP contribution in [-0.4, -0.2) is 67.2 Å². The lowest BCUT2D eigenvalue weighted by molar-refractivity contribution is -0.284. The first kappa shape index (κ1) is 24.5. The molecule has 0 aromatic heterocycles. The molecule has 1 aliphatic heterocycles. The van der Waals surface area contributed by atoms with Crippen molar-refractivity contribution in [3.63, 3.8) is 0 Å².